The summed E-state index contributed by atoms with van der Waals surface area (Å²) in [6.07, 6.45) is 4.92. The SMILES string of the molecule is CC(C)C(=O)[C@H](OC1CCCC1)C(C)C. The Hall–Kier alpha value is -0.370. The zero-order valence-corrected chi connectivity index (χ0v) is 10.5. The normalized spacial score (nSPS) is 20.1. The van der Waals surface area contributed by atoms with Gasteiger partial charge in [-0.05, 0) is 18.8 Å². The molecule has 0 aliphatic heterocycles. The molecule has 0 bridgehead atoms. The molecule has 0 radical (unpaired) electrons. The molecule has 0 N–H and O–H groups in total. The van der Waals surface area contributed by atoms with Gasteiger partial charge in [0.25, 0.3) is 0 Å². The predicted octanol–water partition coefficient (Wildman–Crippen LogP) is 3.20. The van der Waals surface area contributed by atoms with Crippen LogP contribution in [-0.4, -0.2) is 18.0 Å². The van der Waals surface area contributed by atoms with Crippen molar-refractivity contribution in [2.24, 2.45) is 11.8 Å². The van der Waals surface area contributed by atoms with Crippen LogP contribution in [0.5, 0.6) is 0 Å². The molecule has 1 aliphatic carbocycles. The summed E-state index contributed by atoms with van der Waals surface area (Å²) in [6.45, 7) is 8.05. The molecule has 1 aliphatic rings. The lowest BCUT2D eigenvalue weighted by molar-refractivity contribution is -0.141. The Kier molecular flexibility index (Phi) is 4.78. The van der Waals surface area contributed by atoms with Crippen LogP contribution in [0.1, 0.15) is 53.4 Å². The minimum atomic E-state index is -0.187. The second kappa shape index (κ2) is 5.64. The molecule has 2 nitrogen and oxygen atoms in total. The van der Waals surface area contributed by atoms with Gasteiger partial charge in [0.1, 0.15) is 6.10 Å². The van der Waals surface area contributed by atoms with E-state index in [1.807, 2.05) is 13.8 Å². The second-order valence-electron chi connectivity index (χ2n) is 5.26. The summed E-state index contributed by atoms with van der Waals surface area (Å²) in [5.74, 6) is 0.635. The monoisotopic (exact) mass is 212 g/mol. The van der Waals surface area contributed by atoms with Crippen molar-refractivity contribution < 1.29 is 9.53 Å². The van der Waals surface area contributed by atoms with Crippen molar-refractivity contribution in [3.63, 3.8) is 0 Å². The van der Waals surface area contributed by atoms with Crippen molar-refractivity contribution in [3.8, 4) is 0 Å². The van der Waals surface area contributed by atoms with Crippen LogP contribution in [-0.2, 0) is 9.53 Å². The van der Waals surface area contributed by atoms with Crippen molar-refractivity contribution in [2.45, 2.75) is 65.6 Å². The van der Waals surface area contributed by atoms with E-state index >= 15 is 0 Å². The van der Waals surface area contributed by atoms with E-state index in [0.717, 1.165) is 12.8 Å². The zero-order chi connectivity index (χ0) is 11.4. The van der Waals surface area contributed by atoms with Gasteiger partial charge in [-0.3, -0.25) is 4.79 Å². The maximum absolute atomic E-state index is 11.9. The molecule has 0 heterocycles. The Morgan fingerprint density at radius 2 is 1.67 bits per heavy atom. The molecular weight excluding hydrogens is 188 g/mol. The lowest BCUT2D eigenvalue weighted by Crippen LogP contribution is -2.35. The smallest absolute Gasteiger partial charge is 0.164 e. The van der Waals surface area contributed by atoms with Gasteiger partial charge in [-0.15, -0.1) is 0 Å². The molecule has 88 valence electrons. The van der Waals surface area contributed by atoms with Crippen molar-refractivity contribution in [2.75, 3.05) is 0 Å². The van der Waals surface area contributed by atoms with Gasteiger partial charge in [0.15, 0.2) is 5.78 Å². The molecular formula is C13H24O2. The van der Waals surface area contributed by atoms with Gasteiger partial charge in [-0.25, -0.2) is 0 Å². The van der Waals surface area contributed by atoms with Crippen molar-refractivity contribution in [3.05, 3.63) is 0 Å². The van der Waals surface area contributed by atoms with E-state index < -0.39 is 0 Å². The van der Waals surface area contributed by atoms with Crippen LogP contribution < -0.4 is 0 Å². The highest BCUT2D eigenvalue weighted by molar-refractivity contribution is 5.85. The molecule has 1 atom stereocenters. The summed E-state index contributed by atoms with van der Waals surface area (Å²) in [6, 6.07) is 0. The average Bonchev–Trinajstić information content (AvgIpc) is 2.64. The number of ether oxygens (including phenoxy) is 1. The number of hydrogen-bond acceptors (Lipinski definition) is 2. The van der Waals surface area contributed by atoms with Crippen molar-refractivity contribution in [1.82, 2.24) is 0 Å². The molecule has 1 fully saturated rings. The number of rotatable bonds is 5. The first kappa shape index (κ1) is 12.7. The Bertz CT molecular complexity index is 203. The number of ketones is 1. The molecule has 0 aromatic carbocycles. The molecule has 0 aromatic rings. The van der Waals surface area contributed by atoms with Crippen LogP contribution in [0.4, 0.5) is 0 Å². The average molecular weight is 212 g/mol. The van der Waals surface area contributed by atoms with E-state index in [9.17, 15) is 4.79 Å². The van der Waals surface area contributed by atoms with Gasteiger partial charge in [0.2, 0.25) is 0 Å². The highest BCUT2D eigenvalue weighted by Gasteiger charge is 2.29. The van der Waals surface area contributed by atoms with Crippen LogP contribution in [0.3, 0.4) is 0 Å². The summed E-state index contributed by atoms with van der Waals surface area (Å²) in [5.41, 5.74) is 0. The second-order valence-corrected chi connectivity index (χ2v) is 5.26. The maximum atomic E-state index is 11.9. The van der Waals surface area contributed by atoms with E-state index in [1.165, 1.54) is 12.8 Å². The molecule has 15 heavy (non-hydrogen) atoms. The number of Topliss-reactive ketones (excluding diaryl/α,β-unsaturated/α-hetero) is 1. The third-order valence-corrected chi connectivity index (χ3v) is 3.10. The first-order valence-electron chi connectivity index (χ1n) is 6.21. The van der Waals surface area contributed by atoms with Gasteiger partial charge in [0.05, 0.1) is 6.10 Å². The molecule has 0 spiro atoms. The van der Waals surface area contributed by atoms with E-state index in [2.05, 4.69) is 13.8 Å². The summed E-state index contributed by atoms with van der Waals surface area (Å²) in [7, 11) is 0. The van der Waals surface area contributed by atoms with Gasteiger partial charge in [0, 0.05) is 5.92 Å². The van der Waals surface area contributed by atoms with Crippen LogP contribution in [0, 0.1) is 11.8 Å². The van der Waals surface area contributed by atoms with Crippen LogP contribution in [0.2, 0.25) is 0 Å². The molecule has 1 saturated carbocycles. The van der Waals surface area contributed by atoms with E-state index in [0.29, 0.717) is 12.0 Å². The zero-order valence-electron chi connectivity index (χ0n) is 10.5. The predicted molar refractivity (Wildman–Crippen MR) is 61.8 cm³/mol. The molecule has 0 saturated heterocycles. The number of hydrogen-bond donors (Lipinski definition) is 0. The molecule has 1 rings (SSSR count). The minimum Gasteiger partial charge on any atom is -0.367 e. The Balaban J connectivity index is 2.53. The minimum absolute atomic E-state index is 0.0822. The Labute approximate surface area is 93.4 Å². The highest BCUT2D eigenvalue weighted by atomic mass is 16.5. The third kappa shape index (κ3) is 3.60. The van der Waals surface area contributed by atoms with Crippen molar-refractivity contribution in [1.29, 1.82) is 0 Å². The van der Waals surface area contributed by atoms with Gasteiger partial charge in [-0.2, -0.15) is 0 Å². The van der Waals surface area contributed by atoms with E-state index in [-0.39, 0.29) is 17.8 Å². The van der Waals surface area contributed by atoms with Gasteiger partial charge < -0.3 is 4.74 Å². The maximum Gasteiger partial charge on any atom is 0.164 e. The first-order chi connectivity index (χ1) is 7.02. The number of carbonyl (C=O) groups excluding carboxylic acids is 1. The fourth-order valence-corrected chi connectivity index (χ4v) is 2.11. The fourth-order valence-electron chi connectivity index (χ4n) is 2.11. The Morgan fingerprint density at radius 1 is 1.13 bits per heavy atom. The summed E-state index contributed by atoms with van der Waals surface area (Å²) >= 11 is 0. The summed E-state index contributed by atoms with van der Waals surface area (Å²) in [5, 5.41) is 0. The van der Waals surface area contributed by atoms with Crippen LogP contribution >= 0.6 is 0 Å². The lowest BCUT2D eigenvalue weighted by atomic mass is 9.95. The topological polar surface area (TPSA) is 26.3 Å². The van der Waals surface area contributed by atoms with Gasteiger partial charge in [-0.1, -0.05) is 40.5 Å². The summed E-state index contributed by atoms with van der Waals surface area (Å²) in [4.78, 5) is 11.9. The lowest BCUT2D eigenvalue weighted by Gasteiger charge is -2.25. The van der Waals surface area contributed by atoms with Gasteiger partial charge >= 0.3 is 0 Å². The highest BCUT2D eigenvalue weighted by Crippen LogP contribution is 2.25. The molecule has 0 amide bonds. The first-order valence-corrected chi connectivity index (χ1v) is 6.21. The molecule has 0 aromatic heterocycles. The van der Waals surface area contributed by atoms with E-state index in [1.54, 1.807) is 0 Å². The summed E-state index contributed by atoms with van der Waals surface area (Å²) < 4.78 is 5.95. The molecule has 0 unspecified atom stereocenters. The standard InChI is InChI=1S/C13H24O2/c1-9(2)12(14)13(10(3)4)15-11-7-5-6-8-11/h9-11,13H,5-8H2,1-4H3/t13-/m1/s1. The van der Waals surface area contributed by atoms with Crippen LogP contribution in [0.25, 0.3) is 0 Å². The fraction of sp³-hybridized carbons (Fsp3) is 0.923. The van der Waals surface area contributed by atoms with Crippen LogP contribution in [0.15, 0.2) is 0 Å². The molecule has 2 heteroatoms. The third-order valence-electron chi connectivity index (χ3n) is 3.10. The largest absolute Gasteiger partial charge is 0.367 e. The van der Waals surface area contributed by atoms with E-state index in [4.69, 9.17) is 4.74 Å². The number of carbonyl (C=O) groups is 1. The van der Waals surface area contributed by atoms with Crippen molar-refractivity contribution >= 4 is 5.78 Å². The quantitative estimate of drug-likeness (QED) is 0.699. The Morgan fingerprint density at radius 3 is 2.07 bits per heavy atom.